The van der Waals surface area contributed by atoms with Crippen molar-refractivity contribution < 1.29 is 9.53 Å². The summed E-state index contributed by atoms with van der Waals surface area (Å²) in [6, 6.07) is 5.54. The third kappa shape index (κ3) is 3.84. The second kappa shape index (κ2) is 6.14. The van der Waals surface area contributed by atoms with Crippen LogP contribution in [0.1, 0.15) is 27.2 Å². The maximum atomic E-state index is 11.9. The standard InChI is InChI=1S/C17H23N5O2/c1-17(2,3)24-16(23)20-12-6-7-22(10-12)15-9-19-14-8-11(18)4-5-13(14)21-15/h4-5,8-9,12H,6-7,10,18H2,1-3H3,(H,20,23)/t12-/m0/s1. The van der Waals surface area contributed by atoms with E-state index in [9.17, 15) is 4.79 Å². The van der Waals surface area contributed by atoms with Gasteiger partial charge in [-0.05, 0) is 45.4 Å². The van der Waals surface area contributed by atoms with Crippen LogP contribution in [0.2, 0.25) is 0 Å². The number of nitrogens with zero attached hydrogens (tertiary/aromatic N) is 3. The Kier molecular flexibility index (Phi) is 4.17. The second-order valence-electron chi connectivity index (χ2n) is 7.05. The second-order valence-corrected chi connectivity index (χ2v) is 7.05. The van der Waals surface area contributed by atoms with E-state index in [-0.39, 0.29) is 12.1 Å². The molecule has 0 radical (unpaired) electrons. The summed E-state index contributed by atoms with van der Waals surface area (Å²) in [4.78, 5) is 23.0. The van der Waals surface area contributed by atoms with Crippen LogP contribution in [-0.4, -0.2) is 40.8 Å². The van der Waals surface area contributed by atoms with E-state index in [0.29, 0.717) is 12.2 Å². The summed E-state index contributed by atoms with van der Waals surface area (Å²) in [5.41, 5.74) is 7.53. The van der Waals surface area contributed by atoms with E-state index in [4.69, 9.17) is 10.5 Å². The van der Waals surface area contributed by atoms with E-state index in [1.807, 2.05) is 39.0 Å². The third-order valence-electron chi connectivity index (χ3n) is 3.79. The molecule has 128 valence electrons. The molecule has 0 unspecified atom stereocenters. The van der Waals surface area contributed by atoms with Crippen molar-refractivity contribution in [3.63, 3.8) is 0 Å². The molecule has 7 heteroatoms. The molecule has 0 spiro atoms. The molecule has 3 N–H and O–H groups in total. The molecular weight excluding hydrogens is 306 g/mol. The minimum atomic E-state index is -0.492. The lowest BCUT2D eigenvalue weighted by molar-refractivity contribution is 0.0509. The van der Waals surface area contributed by atoms with E-state index in [0.717, 1.165) is 29.8 Å². The van der Waals surface area contributed by atoms with Crippen LogP contribution in [0.15, 0.2) is 24.4 Å². The summed E-state index contributed by atoms with van der Waals surface area (Å²) in [7, 11) is 0. The number of carbonyl (C=O) groups excluding carboxylic acids is 1. The average molecular weight is 329 g/mol. The van der Waals surface area contributed by atoms with Crippen molar-refractivity contribution in [1.29, 1.82) is 0 Å². The molecular formula is C17H23N5O2. The predicted molar refractivity (Wildman–Crippen MR) is 93.9 cm³/mol. The molecule has 1 saturated heterocycles. The zero-order valence-corrected chi connectivity index (χ0v) is 14.2. The lowest BCUT2D eigenvalue weighted by atomic mass is 10.2. The predicted octanol–water partition coefficient (Wildman–Crippen LogP) is 2.32. The summed E-state index contributed by atoms with van der Waals surface area (Å²) in [5.74, 6) is 0.806. The van der Waals surface area contributed by atoms with E-state index < -0.39 is 5.60 Å². The molecule has 1 aliphatic rings. The normalized spacial score (nSPS) is 18.0. The largest absolute Gasteiger partial charge is 0.444 e. The van der Waals surface area contributed by atoms with Gasteiger partial charge < -0.3 is 20.7 Å². The van der Waals surface area contributed by atoms with Gasteiger partial charge in [-0.3, -0.25) is 4.98 Å². The van der Waals surface area contributed by atoms with Crippen molar-refractivity contribution in [2.45, 2.75) is 38.8 Å². The first-order chi connectivity index (χ1) is 11.3. The Labute approximate surface area is 141 Å². The average Bonchev–Trinajstić information content (AvgIpc) is 2.93. The number of hydrogen-bond donors (Lipinski definition) is 2. The fourth-order valence-electron chi connectivity index (χ4n) is 2.73. The maximum Gasteiger partial charge on any atom is 0.407 e. The van der Waals surface area contributed by atoms with Gasteiger partial charge in [0.2, 0.25) is 0 Å². The highest BCUT2D eigenvalue weighted by Gasteiger charge is 2.27. The van der Waals surface area contributed by atoms with Crippen molar-refractivity contribution in [1.82, 2.24) is 15.3 Å². The smallest absolute Gasteiger partial charge is 0.407 e. The Morgan fingerprint density at radius 3 is 2.92 bits per heavy atom. The molecule has 3 rings (SSSR count). The number of benzene rings is 1. The molecule has 0 saturated carbocycles. The van der Waals surface area contributed by atoms with Crippen LogP contribution >= 0.6 is 0 Å². The van der Waals surface area contributed by atoms with Crippen LogP contribution < -0.4 is 16.0 Å². The van der Waals surface area contributed by atoms with Gasteiger partial charge in [-0.15, -0.1) is 0 Å². The first-order valence-electron chi connectivity index (χ1n) is 8.07. The number of nitrogen functional groups attached to an aromatic ring is 1. The number of nitrogens with one attached hydrogen (secondary N) is 1. The van der Waals surface area contributed by atoms with Gasteiger partial charge in [-0.25, -0.2) is 9.78 Å². The molecule has 0 bridgehead atoms. The summed E-state index contributed by atoms with van der Waals surface area (Å²) in [5, 5.41) is 2.91. The monoisotopic (exact) mass is 329 g/mol. The van der Waals surface area contributed by atoms with Crippen LogP contribution in [-0.2, 0) is 4.74 Å². The summed E-state index contributed by atoms with van der Waals surface area (Å²) in [6.07, 6.45) is 2.22. The number of amides is 1. The molecule has 24 heavy (non-hydrogen) atoms. The molecule has 1 aromatic carbocycles. The highest BCUT2D eigenvalue weighted by atomic mass is 16.6. The van der Waals surface area contributed by atoms with Gasteiger partial charge in [0.15, 0.2) is 0 Å². The van der Waals surface area contributed by atoms with E-state index >= 15 is 0 Å². The summed E-state index contributed by atoms with van der Waals surface area (Å²) < 4.78 is 5.30. The Balaban J connectivity index is 1.65. The number of fused-ring (bicyclic) bond motifs is 1. The van der Waals surface area contributed by atoms with Crippen LogP contribution in [0, 0.1) is 0 Å². The molecule has 1 atom stereocenters. The molecule has 2 aromatic rings. The quantitative estimate of drug-likeness (QED) is 0.821. The first kappa shape index (κ1) is 16.3. The van der Waals surface area contributed by atoms with E-state index in [1.165, 1.54) is 0 Å². The number of ether oxygens (including phenoxy) is 1. The van der Waals surface area contributed by atoms with Gasteiger partial charge in [-0.1, -0.05) is 0 Å². The van der Waals surface area contributed by atoms with Crippen LogP contribution in [0.4, 0.5) is 16.3 Å². The molecule has 1 aliphatic heterocycles. The molecule has 2 heterocycles. The number of aromatic nitrogens is 2. The Morgan fingerprint density at radius 1 is 1.38 bits per heavy atom. The number of alkyl carbamates (subject to hydrolysis) is 1. The van der Waals surface area contributed by atoms with Gasteiger partial charge in [-0.2, -0.15) is 0 Å². The minimum absolute atomic E-state index is 0.0452. The van der Waals surface area contributed by atoms with Crippen molar-refractivity contribution in [3.05, 3.63) is 24.4 Å². The number of nitrogens with two attached hydrogens (primary N) is 1. The van der Waals surface area contributed by atoms with Crippen LogP contribution in [0.25, 0.3) is 11.0 Å². The van der Waals surface area contributed by atoms with Crippen molar-refractivity contribution >= 4 is 28.6 Å². The number of carbonyl (C=O) groups is 1. The number of anilines is 2. The van der Waals surface area contributed by atoms with Crippen molar-refractivity contribution in [3.8, 4) is 0 Å². The Morgan fingerprint density at radius 2 is 2.17 bits per heavy atom. The fourth-order valence-corrected chi connectivity index (χ4v) is 2.73. The SMILES string of the molecule is CC(C)(C)OC(=O)N[C@H]1CCN(c2cnc3cc(N)ccc3n2)C1. The van der Waals surface area contributed by atoms with E-state index in [1.54, 1.807) is 6.20 Å². The van der Waals surface area contributed by atoms with Gasteiger partial charge in [0.05, 0.1) is 23.3 Å². The highest BCUT2D eigenvalue weighted by Crippen LogP contribution is 2.21. The molecule has 1 aromatic heterocycles. The molecule has 1 amide bonds. The number of hydrogen-bond acceptors (Lipinski definition) is 6. The topological polar surface area (TPSA) is 93.4 Å². The van der Waals surface area contributed by atoms with E-state index in [2.05, 4.69) is 20.2 Å². The van der Waals surface area contributed by atoms with Gasteiger partial charge >= 0.3 is 6.09 Å². The van der Waals surface area contributed by atoms with Gasteiger partial charge in [0.25, 0.3) is 0 Å². The van der Waals surface area contributed by atoms with Gasteiger partial charge in [0, 0.05) is 18.8 Å². The molecule has 1 fully saturated rings. The third-order valence-corrected chi connectivity index (χ3v) is 3.79. The minimum Gasteiger partial charge on any atom is -0.444 e. The lowest BCUT2D eigenvalue weighted by Gasteiger charge is -2.22. The van der Waals surface area contributed by atoms with Crippen molar-refractivity contribution in [2.75, 3.05) is 23.7 Å². The Bertz CT molecular complexity index is 756. The molecule has 7 nitrogen and oxygen atoms in total. The van der Waals surface area contributed by atoms with Crippen molar-refractivity contribution in [2.24, 2.45) is 0 Å². The summed E-state index contributed by atoms with van der Waals surface area (Å²) >= 11 is 0. The van der Waals surface area contributed by atoms with Crippen LogP contribution in [0.5, 0.6) is 0 Å². The van der Waals surface area contributed by atoms with Gasteiger partial charge in [0.1, 0.15) is 11.4 Å². The zero-order valence-electron chi connectivity index (χ0n) is 14.2. The highest BCUT2D eigenvalue weighted by molar-refractivity contribution is 5.79. The fraction of sp³-hybridized carbons (Fsp3) is 0.471. The molecule has 0 aliphatic carbocycles. The Hall–Kier alpha value is -2.57. The first-order valence-corrected chi connectivity index (χ1v) is 8.07. The lowest BCUT2D eigenvalue weighted by Crippen LogP contribution is -2.40. The maximum absolute atomic E-state index is 11.9. The van der Waals surface area contributed by atoms with Crippen LogP contribution in [0.3, 0.4) is 0 Å². The zero-order chi connectivity index (χ0) is 17.3. The summed E-state index contributed by atoms with van der Waals surface area (Å²) in [6.45, 7) is 7.06. The number of rotatable bonds is 2.